The number of hydrazone groups is 1. The molecule has 0 unspecified atom stereocenters. The lowest BCUT2D eigenvalue weighted by Gasteiger charge is -2.12. The van der Waals surface area contributed by atoms with Gasteiger partial charge in [-0.05, 0) is 29.0 Å². The summed E-state index contributed by atoms with van der Waals surface area (Å²) in [4.78, 5) is 14.7. The molecule has 1 heterocycles. The number of nitrogens with zero attached hydrogens (tertiary/aromatic N) is 3. The summed E-state index contributed by atoms with van der Waals surface area (Å²) in [5.41, 5.74) is 4.09. The summed E-state index contributed by atoms with van der Waals surface area (Å²) >= 11 is 6.24. The van der Waals surface area contributed by atoms with Gasteiger partial charge in [-0.3, -0.25) is 15.5 Å². The fourth-order valence-corrected chi connectivity index (χ4v) is 3.28. The predicted octanol–water partition coefficient (Wildman–Crippen LogP) is 5.82. The van der Waals surface area contributed by atoms with Crippen molar-refractivity contribution >= 4 is 40.1 Å². The lowest BCUT2D eigenvalue weighted by molar-refractivity contribution is -0.384. The van der Waals surface area contributed by atoms with Crippen molar-refractivity contribution in [3.63, 3.8) is 0 Å². The van der Waals surface area contributed by atoms with Crippen molar-refractivity contribution in [1.82, 2.24) is 4.98 Å². The fraction of sp³-hybridized carbons (Fsp3) is 0.0435. The number of rotatable bonds is 7. The summed E-state index contributed by atoms with van der Waals surface area (Å²) < 4.78 is 6.05. The monoisotopic (exact) mass is 432 g/mol. The molecule has 1 N–H and O–H groups in total. The number of hydrogen-bond acceptors (Lipinski definition) is 6. The molecule has 0 spiro atoms. The minimum absolute atomic E-state index is 0.0579. The summed E-state index contributed by atoms with van der Waals surface area (Å²) in [5.74, 6) is 0.669. The molecule has 0 atom stereocenters. The summed E-state index contributed by atoms with van der Waals surface area (Å²) in [5, 5.41) is 17.9. The lowest BCUT2D eigenvalue weighted by Crippen LogP contribution is -2.02. The second-order valence-electron chi connectivity index (χ2n) is 6.58. The average molecular weight is 433 g/mol. The Morgan fingerprint density at radius 3 is 2.71 bits per heavy atom. The maximum absolute atomic E-state index is 11.2. The number of nitro groups is 1. The Morgan fingerprint density at radius 1 is 1.06 bits per heavy atom. The Balaban J connectivity index is 1.65. The first-order valence-corrected chi connectivity index (χ1v) is 9.78. The lowest BCUT2D eigenvalue weighted by atomic mass is 10.0. The second kappa shape index (κ2) is 9.23. The third kappa shape index (κ3) is 4.62. The molecule has 4 rings (SSSR count). The molecule has 1 aromatic heterocycles. The molecule has 0 amide bonds. The zero-order valence-corrected chi connectivity index (χ0v) is 17.0. The standard InChI is InChI=1S/C23H17ClN4O3/c24-20-9-4-2-7-17(20)15-31-22-12-11-16-6-1-3-8-18(16)19(22)14-26-27-23-21(28(29)30)10-5-13-25-23/h1-14H,15H2,(H,25,27)/b26-14-. The number of fused-ring (bicyclic) bond motifs is 1. The smallest absolute Gasteiger partial charge is 0.313 e. The van der Waals surface area contributed by atoms with Crippen LogP contribution in [0.25, 0.3) is 10.8 Å². The quantitative estimate of drug-likeness (QED) is 0.226. The number of nitrogens with one attached hydrogen (secondary N) is 1. The minimum atomic E-state index is -0.513. The van der Waals surface area contributed by atoms with Crippen LogP contribution >= 0.6 is 11.6 Å². The molecule has 0 aliphatic rings. The van der Waals surface area contributed by atoms with Gasteiger partial charge in [0.25, 0.3) is 0 Å². The van der Waals surface area contributed by atoms with Crippen molar-refractivity contribution in [2.45, 2.75) is 6.61 Å². The van der Waals surface area contributed by atoms with Crippen LogP contribution in [-0.4, -0.2) is 16.1 Å². The zero-order valence-electron chi connectivity index (χ0n) is 16.2. The Hall–Kier alpha value is -3.97. The average Bonchev–Trinajstić information content (AvgIpc) is 2.79. The predicted molar refractivity (Wildman–Crippen MR) is 122 cm³/mol. The van der Waals surface area contributed by atoms with Crippen LogP contribution < -0.4 is 10.2 Å². The third-order valence-electron chi connectivity index (χ3n) is 4.62. The van der Waals surface area contributed by atoms with E-state index >= 15 is 0 Å². The van der Waals surface area contributed by atoms with Gasteiger partial charge in [-0.15, -0.1) is 0 Å². The van der Waals surface area contributed by atoms with Gasteiger partial charge in [-0.1, -0.05) is 60.1 Å². The van der Waals surface area contributed by atoms with Crippen molar-refractivity contribution in [2.75, 3.05) is 5.43 Å². The first-order valence-electron chi connectivity index (χ1n) is 9.40. The van der Waals surface area contributed by atoms with E-state index in [2.05, 4.69) is 15.5 Å². The van der Waals surface area contributed by atoms with E-state index < -0.39 is 4.92 Å². The molecule has 31 heavy (non-hydrogen) atoms. The van der Waals surface area contributed by atoms with Crippen LogP contribution in [0.4, 0.5) is 11.5 Å². The van der Waals surface area contributed by atoms with Crippen molar-refractivity contribution < 1.29 is 9.66 Å². The van der Waals surface area contributed by atoms with Crippen molar-refractivity contribution in [2.24, 2.45) is 5.10 Å². The minimum Gasteiger partial charge on any atom is -0.488 e. The number of pyridine rings is 1. The number of ether oxygens (including phenoxy) is 1. The van der Waals surface area contributed by atoms with Gasteiger partial charge in [-0.25, -0.2) is 4.98 Å². The molecule has 0 fully saturated rings. The molecule has 0 aliphatic carbocycles. The SMILES string of the molecule is O=[N+]([O-])c1cccnc1N/N=C\c1c(OCc2ccccc2Cl)ccc2ccccc12. The van der Waals surface area contributed by atoms with Gasteiger partial charge in [-0.2, -0.15) is 5.10 Å². The molecule has 0 bridgehead atoms. The van der Waals surface area contributed by atoms with E-state index in [0.717, 1.165) is 21.9 Å². The highest BCUT2D eigenvalue weighted by atomic mass is 35.5. The molecular weight excluding hydrogens is 416 g/mol. The molecule has 0 radical (unpaired) electrons. The van der Waals surface area contributed by atoms with E-state index in [4.69, 9.17) is 16.3 Å². The van der Waals surface area contributed by atoms with Gasteiger partial charge < -0.3 is 4.74 Å². The molecule has 0 saturated heterocycles. The highest BCUT2D eigenvalue weighted by molar-refractivity contribution is 6.31. The van der Waals surface area contributed by atoms with E-state index in [1.54, 1.807) is 6.21 Å². The molecule has 0 aliphatic heterocycles. The normalized spacial score (nSPS) is 11.0. The Labute approximate surface area is 183 Å². The third-order valence-corrected chi connectivity index (χ3v) is 4.99. The van der Waals surface area contributed by atoms with Crippen LogP contribution in [0.5, 0.6) is 5.75 Å². The maximum Gasteiger partial charge on any atom is 0.313 e. The number of anilines is 1. The summed E-state index contributed by atoms with van der Waals surface area (Å²) in [6, 6.07) is 22.0. The highest BCUT2D eigenvalue weighted by Gasteiger charge is 2.13. The maximum atomic E-state index is 11.2. The highest BCUT2D eigenvalue weighted by Crippen LogP contribution is 2.28. The van der Waals surface area contributed by atoms with E-state index in [1.165, 1.54) is 18.3 Å². The Kier molecular flexibility index (Phi) is 6.05. The summed E-state index contributed by atoms with van der Waals surface area (Å²) in [6.07, 6.45) is 3.03. The van der Waals surface area contributed by atoms with Crippen LogP contribution in [0.1, 0.15) is 11.1 Å². The van der Waals surface area contributed by atoms with Gasteiger partial charge in [0.05, 0.1) is 11.1 Å². The van der Waals surface area contributed by atoms with Gasteiger partial charge >= 0.3 is 5.69 Å². The summed E-state index contributed by atoms with van der Waals surface area (Å²) in [7, 11) is 0. The van der Waals surface area contributed by atoms with E-state index in [9.17, 15) is 10.1 Å². The van der Waals surface area contributed by atoms with Crippen LogP contribution in [0, 0.1) is 10.1 Å². The Morgan fingerprint density at radius 2 is 1.87 bits per heavy atom. The van der Waals surface area contributed by atoms with Crippen LogP contribution in [0.2, 0.25) is 5.02 Å². The fourth-order valence-electron chi connectivity index (χ4n) is 3.09. The molecule has 0 saturated carbocycles. The summed E-state index contributed by atoms with van der Waals surface area (Å²) in [6.45, 7) is 0.290. The number of aromatic nitrogens is 1. The van der Waals surface area contributed by atoms with Crippen LogP contribution in [0.15, 0.2) is 84.1 Å². The Bertz CT molecular complexity index is 1280. The molecule has 4 aromatic rings. The topological polar surface area (TPSA) is 89.7 Å². The number of benzene rings is 3. The van der Waals surface area contributed by atoms with Crippen molar-refractivity contribution in [1.29, 1.82) is 0 Å². The zero-order chi connectivity index (χ0) is 21.6. The van der Waals surface area contributed by atoms with Gasteiger partial charge in [0.1, 0.15) is 12.4 Å². The molecule has 8 heteroatoms. The first kappa shape index (κ1) is 20.3. The van der Waals surface area contributed by atoms with E-state index in [-0.39, 0.29) is 18.1 Å². The molecule has 154 valence electrons. The van der Waals surface area contributed by atoms with Crippen LogP contribution in [0.3, 0.4) is 0 Å². The van der Waals surface area contributed by atoms with Crippen molar-refractivity contribution in [3.05, 3.63) is 105 Å². The number of hydrogen-bond donors (Lipinski definition) is 1. The molecule has 7 nitrogen and oxygen atoms in total. The van der Waals surface area contributed by atoms with Gasteiger partial charge in [0, 0.05) is 28.4 Å². The second-order valence-corrected chi connectivity index (χ2v) is 6.98. The van der Waals surface area contributed by atoms with Gasteiger partial charge in [0.15, 0.2) is 0 Å². The largest absolute Gasteiger partial charge is 0.488 e. The van der Waals surface area contributed by atoms with Crippen LogP contribution in [-0.2, 0) is 6.61 Å². The number of halogens is 1. The van der Waals surface area contributed by atoms with Gasteiger partial charge in [0.2, 0.25) is 5.82 Å². The first-order chi connectivity index (χ1) is 15.1. The van der Waals surface area contributed by atoms with Crippen molar-refractivity contribution in [3.8, 4) is 5.75 Å². The van der Waals surface area contributed by atoms with E-state index in [0.29, 0.717) is 10.8 Å². The van der Waals surface area contributed by atoms with E-state index in [1.807, 2.05) is 60.7 Å². The molecule has 3 aromatic carbocycles. The molecular formula is C23H17ClN4O3.